The number of hydrogen-bond acceptors (Lipinski definition) is 2. The molecule has 0 aliphatic heterocycles. The van der Waals surface area contributed by atoms with Gasteiger partial charge in [-0.2, -0.15) is 5.10 Å². The molecule has 0 aliphatic rings. The molecule has 27 heavy (non-hydrogen) atoms. The van der Waals surface area contributed by atoms with Crippen molar-refractivity contribution in [2.75, 3.05) is 0 Å². The molecule has 0 bridgehead atoms. The molecular formula is C18H13Cl2F3N4. The quantitative estimate of drug-likeness (QED) is 0.453. The first-order valence-corrected chi connectivity index (χ1v) is 8.43. The van der Waals surface area contributed by atoms with Crippen molar-refractivity contribution in [3.8, 4) is 11.1 Å². The number of nitrogens with two attached hydrogens (primary N) is 1. The fourth-order valence-electron chi connectivity index (χ4n) is 2.55. The lowest BCUT2D eigenvalue weighted by atomic mass is 10.0. The Kier molecular flexibility index (Phi) is 5.43. The molecule has 140 valence electrons. The first-order chi connectivity index (χ1) is 12.8. The summed E-state index contributed by atoms with van der Waals surface area (Å²) < 4.78 is 41.3. The molecule has 0 atom stereocenters. The van der Waals surface area contributed by atoms with Crippen molar-refractivity contribution in [2.24, 2.45) is 17.8 Å². The van der Waals surface area contributed by atoms with E-state index in [0.717, 1.165) is 0 Å². The maximum atomic E-state index is 13.8. The molecule has 9 heteroatoms. The number of halogens is 5. The molecule has 2 N–H and O–H groups in total. The number of aliphatic imine (C=N–C) groups is 1. The Morgan fingerprint density at radius 2 is 1.89 bits per heavy atom. The van der Waals surface area contributed by atoms with Crippen molar-refractivity contribution in [1.29, 1.82) is 0 Å². The van der Waals surface area contributed by atoms with Gasteiger partial charge >= 0.3 is 0 Å². The van der Waals surface area contributed by atoms with Crippen molar-refractivity contribution in [3.63, 3.8) is 0 Å². The van der Waals surface area contributed by atoms with Gasteiger partial charge in [0.05, 0.1) is 21.3 Å². The molecule has 3 aromatic rings. The van der Waals surface area contributed by atoms with Crippen LogP contribution in [0.5, 0.6) is 0 Å². The normalized spacial score (nSPS) is 12.0. The summed E-state index contributed by atoms with van der Waals surface area (Å²) in [6, 6.07) is 8.62. The molecule has 1 aromatic heterocycles. The van der Waals surface area contributed by atoms with E-state index in [1.165, 1.54) is 36.1 Å². The zero-order chi connectivity index (χ0) is 19.7. The van der Waals surface area contributed by atoms with Crippen LogP contribution in [-0.4, -0.2) is 15.6 Å². The first-order valence-electron chi connectivity index (χ1n) is 7.67. The third-order valence-corrected chi connectivity index (χ3v) is 4.51. The average molecular weight is 413 g/mol. The fraction of sp³-hybridized carbons (Fsp3) is 0.111. The zero-order valence-electron chi connectivity index (χ0n) is 13.9. The number of hydrogen-bond donors (Lipinski definition) is 1. The Bertz CT molecular complexity index is 1030. The number of alkyl halides is 2. The van der Waals surface area contributed by atoms with E-state index in [1.807, 2.05) is 0 Å². The van der Waals surface area contributed by atoms with Gasteiger partial charge in [-0.05, 0) is 35.9 Å². The molecule has 0 aliphatic carbocycles. The summed E-state index contributed by atoms with van der Waals surface area (Å²) in [4.78, 5) is 4.22. The van der Waals surface area contributed by atoms with Gasteiger partial charge in [0.1, 0.15) is 17.3 Å². The van der Waals surface area contributed by atoms with Crippen molar-refractivity contribution in [3.05, 3.63) is 69.7 Å². The molecule has 0 saturated heterocycles. The summed E-state index contributed by atoms with van der Waals surface area (Å²) in [5.41, 5.74) is 6.70. The van der Waals surface area contributed by atoms with Crippen LogP contribution in [0, 0.1) is 5.82 Å². The summed E-state index contributed by atoms with van der Waals surface area (Å²) in [6.45, 7) is 0. The van der Waals surface area contributed by atoms with Gasteiger partial charge in [-0.15, -0.1) is 0 Å². The molecule has 2 aromatic carbocycles. The second-order valence-electron chi connectivity index (χ2n) is 5.69. The highest BCUT2D eigenvalue weighted by molar-refractivity contribution is 6.42. The number of rotatable bonds is 4. The Balaban J connectivity index is 2.12. The van der Waals surface area contributed by atoms with E-state index in [9.17, 15) is 13.2 Å². The Morgan fingerprint density at radius 1 is 1.15 bits per heavy atom. The van der Waals surface area contributed by atoms with E-state index in [4.69, 9.17) is 28.9 Å². The summed E-state index contributed by atoms with van der Waals surface area (Å²) in [5, 5.41) is 4.33. The molecular weight excluding hydrogens is 400 g/mol. The maximum Gasteiger partial charge on any atom is 0.282 e. The van der Waals surface area contributed by atoms with Crippen LogP contribution < -0.4 is 5.73 Å². The fourth-order valence-corrected chi connectivity index (χ4v) is 2.85. The smallest absolute Gasteiger partial charge is 0.282 e. The van der Waals surface area contributed by atoms with E-state index in [2.05, 4.69) is 10.1 Å². The summed E-state index contributed by atoms with van der Waals surface area (Å²) >= 11 is 12.0. The minimum Gasteiger partial charge on any atom is -0.383 e. The molecule has 3 rings (SSSR count). The summed E-state index contributed by atoms with van der Waals surface area (Å²) in [7, 11) is 1.50. The van der Waals surface area contributed by atoms with Crippen molar-refractivity contribution < 1.29 is 13.2 Å². The van der Waals surface area contributed by atoms with Crippen LogP contribution in [0.15, 0.2) is 47.6 Å². The minimum absolute atomic E-state index is 0.0110. The van der Waals surface area contributed by atoms with Crippen LogP contribution in [0.25, 0.3) is 11.1 Å². The lowest BCUT2D eigenvalue weighted by Gasteiger charge is -2.09. The van der Waals surface area contributed by atoms with Crippen LogP contribution in [-0.2, 0) is 7.05 Å². The SMILES string of the molecule is Cn1cc(C(N)=Nc2ccc(F)cc2-c2ccc(Cl)c(Cl)c2)c(C(F)F)n1. The molecule has 0 unspecified atom stereocenters. The third kappa shape index (κ3) is 4.09. The second kappa shape index (κ2) is 7.62. The number of nitrogens with zero attached hydrogens (tertiary/aromatic N) is 3. The lowest BCUT2D eigenvalue weighted by Crippen LogP contribution is -2.14. The van der Waals surface area contributed by atoms with Crippen molar-refractivity contribution >= 4 is 34.7 Å². The molecule has 0 spiro atoms. The number of amidine groups is 1. The molecule has 0 fully saturated rings. The van der Waals surface area contributed by atoms with E-state index >= 15 is 0 Å². The lowest BCUT2D eigenvalue weighted by molar-refractivity contribution is 0.145. The molecule has 0 radical (unpaired) electrons. The minimum atomic E-state index is -2.81. The monoisotopic (exact) mass is 412 g/mol. The molecule has 0 saturated carbocycles. The molecule has 4 nitrogen and oxygen atoms in total. The summed E-state index contributed by atoms with van der Waals surface area (Å²) in [5.74, 6) is -0.658. The van der Waals surface area contributed by atoms with Crippen LogP contribution in [0.2, 0.25) is 10.0 Å². The van der Waals surface area contributed by atoms with E-state index in [-0.39, 0.29) is 22.1 Å². The average Bonchev–Trinajstić information content (AvgIpc) is 3.01. The van der Waals surface area contributed by atoms with Gasteiger partial charge in [-0.3, -0.25) is 4.68 Å². The van der Waals surface area contributed by atoms with Gasteiger partial charge in [0.2, 0.25) is 0 Å². The Hall–Kier alpha value is -2.51. The third-order valence-electron chi connectivity index (χ3n) is 3.77. The van der Waals surface area contributed by atoms with Gasteiger partial charge in [0.25, 0.3) is 6.43 Å². The predicted molar refractivity (Wildman–Crippen MR) is 100 cm³/mol. The largest absolute Gasteiger partial charge is 0.383 e. The van der Waals surface area contributed by atoms with Crippen molar-refractivity contribution in [1.82, 2.24) is 9.78 Å². The van der Waals surface area contributed by atoms with Gasteiger partial charge in [0, 0.05) is 18.8 Å². The Morgan fingerprint density at radius 3 is 2.56 bits per heavy atom. The van der Waals surface area contributed by atoms with E-state index in [0.29, 0.717) is 16.1 Å². The highest BCUT2D eigenvalue weighted by Gasteiger charge is 2.20. The highest BCUT2D eigenvalue weighted by Crippen LogP contribution is 2.35. The van der Waals surface area contributed by atoms with Gasteiger partial charge in [0.15, 0.2) is 0 Å². The van der Waals surface area contributed by atoms with Crippen LogP contribution >= 0.6 is 23.2 Å². The first kappa shape index (κ1) is 19.3. The molecule has 0 amide bonds. The second-order valence-corrected chi connectivity index (χ2v) is 6.50. The number of aromatic nitrogens is 2. The standard InChI is InChI=1S/C18H13Cl2F3N4/c1-27-8-12(16(26-27)17(22)23)18(24)25-15-5-3-10(21)7-11(15)9-2-4-13(19)14(20)6-9/h2-8,17H,1H3,(H2,24,25). The number of benzene rings is 2. The van der Waals surface area contributed by atoms with Crippen LogP contribution in [0.4, 0.5) is 18.9 Å². The predicted octanol–water partition coefficient (Wildman–Crippen LogP) is 5.51. The highest BCUT2D eigenvalue weighted by atomic mass is 35.5. The van der Waals surface area contributed by atoms with Crippen molar-refractivity contribution in [2.45, 2.75) is 6.43 Å². The topological polar surface area (TPSA) is 56.2 Å². The van der Waals surface area contributed by atoms with Gasteiger partial charge in [-0.25, -0.2) is 18.2 Å². The summed E-state index contributed by atoms with van der Waals surface area (Å²) in [6.07, 6.45) is -1.46. The van der Waals surface area contributed by atoms with Crippen LogP contribution in [0.3, 0.4) is 0 Å². The molecule has 1 heterocycles. The Labute approximate surface area is 163 Å². The van der Waals surface area contributed by atoms with Gasteiger partial charge < -0.3 is 5.73 Å². The number of aryl methyl sites for hydroxylation is 1. The van der Waals surface area contributed by atoms with Crippen LogP contribution in [0.1, 0.15) is 17.7 Å². The zero-order valence-corrected chi connectivity index (χ0v) is 15.4. The van der Waals surface area contributed by atoms with Gasteiger partial charge in [-0.1, -0.05) is 29.3 Å². The maximum absolute atomic E-state index is 13.8. The van der Waals surface area contributed by atoms with E-state index < -0.39 is 17.9 Å². The van der Waals surface area contributed by atoms with E-state index in [1.54, 1.807) is 18.2 Å².